The first-order chi connectivity index (χ1) is 10.1. The van der Waals surface area contributed by atoms with E-state index >= 15 is 0 Å². The molecule has 7 heteroatoms. The molecule has 2 atom stereocenters. The number of unbranched alkanes of at least 4 members (excludes halogenated alkanes) is 1. The van der Waals surface area contributed by atoms with Gasteiger partial charge in [0.15, 0.2) is 0 Å². The van der Waals surface area contributed by atoms with Crippen molar-refractivity contribution in [2.45, 2.75) is 37.8 Å². The fourth-order valence-corrected chi connectivity index (χ4v) is 2.80. The van der Waals surface area contributed by atoms with E-state index in [4.69, 9.17) is 11.5 Å². The molecule has 2 rings (SSSR count). The normalized spacial score (nSPS) is 18.5. The Morgan fingerprint density at radius 2 is 2.10 bits per heavy atom. The van der Waals surface area contributed by atoms with E-state index in [0.717, 1.165) is 24.0 Å². The number of hydrogen-bond donors (Lipinski definition) is 4. The van der Waals surface area contributed by atoms with Crippen LogP contribution in [0.2, 0.25) is 0 Å². The van der Waals surface area contributed by atoms with Gasteiger partial charge in [0.25, 0.3) is 0 Å². The summed E-state index contributed by atoms with van der Waals surface area (Å²) in [5.74, 6) is -0.990. The molecule has 1 heterocycles. The summed E-state index contributed by atoms with van der Waals surface area (Å²) in [7, 11) is -1.62. The van der Waals surface area contributed by atoms with Gasteiger partial charge in [-0.2, -0.15) is 0 Å². The van der Waals surface area contributed by atoms with Crippen molar-refractivity contribution < 1.29 is 14.8 Å². The molecule has 0 aliphatic carbocycles. The van der Waals surface area contributed by atoms with Crippen LogP contribution in [0.5, 0.6) is 0 Å². The van der Waals surface area contributed by atoms with Crippen LogP contribution in [-0.2, 0) is 11.3 Å². The molecule has 0 bridgehead atoms. The van der Waals surface area contributed by atoms with Crippen molar-refractivity contribution in [3.63, 3.8) is 0 Å². The smallest absolute Gasteiger partial charge is 0.426 e. The van der Waals surface area contributed by atoms with Crippen LogP contribution in [0.4, 0.5) is 0 Å². The van der Waals surface area contributed by atoms with Crippen LogP contribution in [0.3, 0.4) is 0 Å². The lowest BCUT2D eigenvalue weighted by Gasteiger charge is -2.27. The average Bonchev–Trinajstić information content (AvgIpc) is 2.86. The minimum atomic E-state index is -1.62. The molecule has 0 radical (unpaired) electrons. The van der Waals surface area contributed by atoms with Crippen LogP contribution in [0.25, 0.3) is 0 Å². The Morgan fingerprint density at radius 1 is 1.38 bits per heavy atom. The minimum absolute atomic E-state index is 0.249. The second kappa shape index (κ2) is 7.04. The Hall–Kier alpha value is -1.41. The molecule has 114 valence electrons. The third-order valence-electron chi connectivity index (χ3n) is 3.90. The lowest BCUT2D eigenvalue weighted by Crippen LogP contribution is -2.46. The van der Waals surface area contributed by atoms with Gasteiger partial charge in [-0.25, -0.2) is 0 Å². The predicted molar refractivity (Wildman–Crippen MR) is 80.8 cm³/mol. The maximum atomic E-state index is 12.5. The van der Waals surface area contributed by atoms with Crippen LogP contribution < -0.4 is 11.5 Å². The molecular formula is C14H22BN3O3. The highest BCUT2D eigenvalue weighted by Crippen LogP contribution is 2.34. The van der Waals surface area contributed by atoms with E-state index in [1.165, 1.54) is 4.90 Å². The monoisotopic (exact) mass is 291 g/mol. The van der Waals surface area contributed by atoms with Gasteiger partial charge >= 0.3 is 7.12 Å². The summed E-state index contributed by atoms with van der Waals surface area (Å²) in [6, 6.07) is 6.76. The van der Waals surface area contributed by atoms with Gasteiger partial charge in [-0.05, 0) is 30.5 Å². The quantitative estimate of drug-likeness (QED) is 0.418. The topological polar surface area (TPSA) is 113 Å². The van der Waals surface area contributed by atoms with Gasteiger partial charge in [0.05, 0.1) is 12.0 Å². The number of hydrogen-bond acceptors (Lipinski definition) is 5. The first kappa shape index (κ1) is 16.0. The molecule has 6 N–H and O–H groups in total. The van der Waals surface area contributed by atoms with Crippen molar-refractivity contribution in [3.8, 4) is 0 Å². The van der Waals surface area contributed by atoms with Gasteiger partial charge in [0, 0.05) is 6.54 Å². The summed E-state index contributed by atoms with van der Waals surface area (Å²) in [6.45, 7) is 0.940. The number of amides is 1. The Kier molecular flexibility index (Phi) is 5.36. The van der Waals surface area contributed by atoms with E-state index in [1.54, 1.807) is 0 Å². The fourth-order valence-electron chi connectivity index (χ4n) is 2.80. The van der Waals surface area contributed by atoms with E-state index in [9.17, 15) is 14.8 Å². The summed E-state index contributed by atoms with van der Waals surface area (Å²) >= 11 is 0. The predicted octanol–water partition coefficient (Wildman–Crippen LogP) is -0.462. The third-order valence-corrected chi connectivity index (χ3v) is 3.90. The summed E-state index contributed by atoms with van der Waals surface area (Å²) in [5.41, 5.74) is 13.1. The van der Waals surface area contributed by atoms with Crippen molar-refractivity contribution >= 4 is 13.0 Å². The first-order valence-corrected chi connectivity index (χ1v) is 7.26. The highest BCUT2D eigenvalue weighted by Gasteiger charge is 2.41. The molecule has 0 saturated heterocycles. The molecule has 1 aromatic rings. The standard InChI is InChI=1S/C14H22BN3O3/c16-8-4-3-7-12(17)14(19)18-9-10-5-1-2-6-11(10)13(18)15(20)21/h1-2,5-6,12-13,20-21H,3-4,7-9,16-17H2/t12-,13-/m0/s1. The Labute approximate surface area is 124 Å². The van der Waals surface area contributed by atoms with Gasteiger partial charge < -0.3 is 26.4 Å². The molecule has 1 amide bonds. The van der Waals surface area contributed by atoms with Crippen LogP contribution >= 0.6 is 0 Å². The van der Waals surface area contributed by atoms with E-state index in [0.29, 0.717) is 19.5 Å². The van der Waals surface area contributed by atoms with Gasteiger partial charge in [-0.15, -0.1) is 0 Å². The van der Waals surface area contributed by atoms with Crippen LogP contribution in [0.15, 0.2) is 24.3 Å². The van der Waals surface area contributed by atoms with Crippen molar-refractivity contribution in [3.05, 3.63) is 35.4 Å². The van der Waals surface area contributed by atoms with Crippen molar-refractivity contribution in [2.75, 3.05) is 6.54 Å². The number of benzene rings is 1. The van der Waals surface area contributed by atoms with Crippen molar-refractivity contribution in [2.24, 2.45) is 11.5 Å². The Balaban J connectivity index is 2.11. The van der Waals surface area contributed by atoms with Gasteiger partial charge in [-0.1, -0.05) is 30.7 Å². The third kappa shape index (κ3) is 3.44. The van der Waals surface area contributed by atoms with Crippen molar-refractivity contribution in [1.29, 1.82) is 0 Å². The average molecular weight is 291 g/mol. The van der Waals surface area contributed by atoms with E-state index in [-0.39, 0.29) is 5.91 Å². The van der Waals surface area contributed by atoms with Crippen LogP contribution in [-0.4, -0.2) is 40.6 Å². The molecule has 0 spiro atoms. The highest BCUT2D eigenvalue weighted by molar-refractivity contribution is 6.43. The second-order valence-corrected chi connectivity index (χ2v) is 5.41. The summed E-state index contributed by atoms with van der Waals surface area (Å²) < 4.78 is 0. The molecule has 1 aromatic carbocycles. The molecular weight excluding hydrogens is 269 g/mol. The Bertz CT molecular complexity index is 498. The summed E-state index contributed by atoms with van der Waals surface area (Å²) in [6.07, 6.45) is 2.17. The maximum Gasteiger partial charge on any atom is 0.480 e. The zero-order valence-electron chi connectivity index (χ0n) is 12.0. The number of nitrogens with zero attached hydrogens (tertiary/aromatic N) is 1. The number of rotatable bonds is 6. The number of carbonyl (C=O) groups is 1. The number of nitrogens with two attached hydrogens (primary N) is 2. The zero-order chi connectivity index (χ0) is 15.4. The number of carbonyl (C=O) groups excluding carboxylic acids is 1. The van der Waals surface area contributed by atoms with E-state index in [2.05, 4.69) is 0 Å². The summed E-state index contributed by atoms with van der Waals surface area (Å²) in [5, 5.41) is 19.2. The molecule has 0 unspecified atom stereocenters. The molecule has 21 heavy (non-hydrogen) atoms. The molecule has 0 saturated carbocycles. The zero-order valence-corrected chi connectivity index (χ0v) is 12.0. The van der Waals surface area contributed by atoms with Gasteiger partial charge in [0.1, 0.15) is 0 Å². The highest BCUT2D eigenvalue weighted by atomic mass is 16.4. The second-order valence-electron chi connectivity index (χ2n) is 5.41. The largest absolute Gasteiger partial charge is 0.480 e. The van der Waals surface area contributed by atoms with Gasteiger partial charge in [0.2, 0.25) is 5.91 Å². The first-order valence-electron chi connectivity index (χ1n) is 7.26. The number of fused-ring (bicyclic) bond motifs is 1. The van der Waals surface area contributed by atoms with Gasteiger partial charge in [-0.3, -0.25) is 4.79 Å². The fraction of sp³-hybridized carbons (Fsp3) is 0.500. The van der Waals surface area contributed by atoms with E-state index < -0.39 is 19.1 Å². The molecule has 1 aliphatic rings. The van der Waals surface area contributed by atoms with Crippen LogP contribution in [0, 0.1) is 0 Å². The molecule has 0 fully saturated rings. The lowest BCUT2D eigenvalue weighted by atomic mass is 9.75. The maximum absolute atomic E-state index is 12.5. The SMILES string of the molecule is NCCCC[C@H](N)C(=O)N1Cc2ccccc2[C@H]1B(O)O. The minimum Gasteiger partial charge on any atom is -0.426 e. The Morgan fingerprint density at radius 3 is 2.76 bits per heavy atom. The molecule has 1 aliphatic heterocycles. The molecule has 6 nitrogen and oxygen atoms in total. The van der Waals surface area contributed by atoms with E-state index in [1.807, 2.05) is 24.3 Å². The summed E-state index contributed by atoms with van der Waals surface area (Å²) in [4.78, 5) is 13.9. The lowest BCUT2D eigenvalue weighted by molar-refractivity contribution is -0.134. The molecule has 0 aromatic heterocycles. The van der Waals surface area contributed by atoms with Crippen molar-refractivity contribution in [1.82, 2.24) is 4.90 Å². The van der Waals surface area contributed by atoms with Crippen LogP contribution in [0.1, 0.15) is 36.3 Å².